The molecule has 17 heteroatoms. The lowest BCUT2D eigenvalue weighted by Gasteiger charge is -2.40. The number of hydrogen-bond acceptors (Lipinski definition) is 13. The molecule has 17 nitrogen and oxygen atoms in total. The highest BCUT2D eigenvalue weighted by atomic mass is 16.5. The number of rotatable bonds is 10. The van der Waals surface area contributed by atoms with Gasteiger partial charge in [0.15, 0.2) is 5.65 Å². The number of nitrogens with two attached hydrogens (primary N) is 1. The first-order valence-corrected chi connectivity index (χ1v) is 22.3. The number of anilines is 2. The summed E-state index contributed by atoms with van der Waals surface area (Å²) < 4.78 is 7.97. The van der Waals surface area contributed by atoms with Gasteiger partial charge in [0.05, 0.1) is 29.1 Å². The summed E-state index contributed by atoms with van der Waals surface area (Å²) in [5.74, 6) is 0.586. The SMILES string of the molecule is Nc1ncnc2c1c(-c1ccc(Oc3ccccc3)cc1)nn2C1CCN(C(=O)CN2CCN(CC3CCN(c4ccc5c(c4)C(=O)N(C4CCC(=O)NC4=O)C5=O)CC3)CC2)CC1. The van der Waals surface area contributed by atoms with Gasteiger partial charge in [0.2, 0.25) is 17.7 Å². The molecule has 10 rings (SSSR count). The third kappa shape index (κ3) is 8.16. The van der Waals surface area contributed by atoms with Crippen molar-refractivity contribution in [3.63, 3.8) is 0 Å². The molecule has 2 aromatic heterocycles. The van der Waals surface area contributed by atoms with Gasteiger partial charge in [-0.25, -0.2) is 14.6 Å². The number of imide groups is 2. The van der Waals surface area contributed by atoms with Gasteiger partial charge in [-0.15, -0.1) is 0 Å². The minimum absolute atomic E-state index is 0.0619. The van der Waals surface area contributed by atoms with E-state index < -0.39 is 29.7 Å². The fraction of sp³-hybridized carbons (Fsp3) is 0.404. The number of aromatic nitrogens is 4. The predicted octanol–water partition coefficient (Wildman–Crippen LogP) is 3.97. The number of benzene rings is 3. The van der Waals surface area contributed by atoms with Crippen LogP contribution in [0.15, 0.2) is 79.1 Å². The number of nitrogens with zero attached hydrogens (tertiary/aromatic N) is 9. The quantitative estimate of drug-likeness (QED) is 0.192. The molecule has 64 heavy (non-hydrogen) atoms. The monoisotopic (exact) mass is 865 g/mol. The van der Waals surface area contributed by atoms with Crippen molar-refractivity contribution in [2.75, 3.05) is 76.1 Å². The second-order valence-electron chi connectivity index (χ2n) is 17.5. The van der Waals surface area contributed by atoms with E-state index in [9.17, 15) is 24.0 Å². The number of likely N-dealkylation sites (tertiary alicyclic amines) is 1. The Morgan fingerprint density at radius 1 is 0.750 bits per heavy atom. The van der Waals surface area contributed by atoms with Crippen LogP contribution in [0.5, 0.6) is 11.5 Å². The van der Waals surface area contributed by atoms with Crippen molar-refractivity contribution in [1.82, 2.24) is 44.7 Å². The van der Waals surface area contributed by atoms with Crippen molar-refractivity contribution in [2.24, 2.45) is 5.92 Å². The Hall–Kier alpha value is -6.72. The number of piperazine rings is 1. The largest absolute Gasteiger partial charge is 0.457 e. The Morgan fingerprint density at radius 3 is 2.19 bits per heavy atom. The molecule has 3 N–H and O–H groups in total. The molecule has 0 bridgehead atoms. The van der Waals surface area contributed by atoms with Crippen LogP contribution < -0.4 is 20.7 Å². The molecule has 3 aromatic carbocycles. The molecular formula is C47H51N11O6. The number of ether oxygens (including phenoxy) is 1. The maximum atomic E-state index is 13.6. The van der Waals surface area contributed by atoms with E-state index in [2.05, 4.69) is 30.0 Å². The van der Waals surface area contributed by atoms with E-state index in [1.165, 1.54) is 6.33 Å². The van der Waals surface area contributed by atoms with Gasteiger partial charge < -0.3 is 25.2 Å². The van der Waals surface area contributed by atoms with E-state index in [-0.39, 0.29) is 24.8 Å². The second kappa shape index (κ2) is 17.4. The number of nitrogens with one attached hydrogen (secondary N) is 1. The molecule has 4 saturated heterocycles. The van der Waals surface area contributed by atoms with Gasteiger partial charge in [-0.2, -0.15) is 5.10 Å². The molecule has 0 spiro atoms. The van der Waals surface area contributed by atoms with Gasteiger partial charge in [0, 0.05) is 76.6 Å². The van der Waals surface area contributed by atoms with Crippen LogP contribution in [0.4, 0.5) is 11.5 Å². The molecule has 0 radical (unpaired) electrons. The Morgan fingerprint density at radius 2 is 1.45 bits per heavy atom. The summed E-state index contributed by atoms with van der Waals surface area (Å²) in [7, 11) is 0. The number of para-hydroxylation sites is 1. The maximum Gasteiger partial charge on any atom is 0.262 e. The third-order valence-corrected chi connectivity index (χ3v) is 13.5. The van der Waals surface area contributed by atoms with Crippen LogP contribution in [0.1, 0.15) is 65.3 Å². The lowest BCUT2D eigenvalue weighted by atomic mass is 9.95. The molecule has 7 heterocycles. The fourth-order valence-electron chi connectivity index (χ4n) is 9.93. The van der Waals surface area contributed by atoms with Crippen molar-refractivity contribution < 1.29 is 28.7 Å². The number of piperidine rings is 3. The predicted molar refractivity (Wildman–Crippen MR) is 237 cm³/mol. The number of nitrogen functional groups attached to an aromatic ring is 1. The Labute approximate surface area is 370 Å². The van der Waals surface area contributed by atoms with Crippen LogP contribution in [0, 0.1) is 5.92 Å². The first-order valence-electron chi connectivity index (χ1n) is 22.3. The van der Waals surface area contributed by atoms with Gasteiger partial charge in [-0.05, 0) is 92.6 Å². The molecular weight excluding hydrogens is 815 g/mol. The summed E-state index contributed by atoms with van der Waals surface area (Å²) in [4.78, 5) is 83.2. The number of hydrogen-bond donors (Lipinski definition) is 2. The van der Waals surface area contributed by atoms with E-state index in [4.69, 9.17) is 15.6 Å². The van der Waals surface area contributed by atoms with E-state index in [0.717, 1.165) is 110 Å². The fourth-order valence-corrected chi connectivity index (χ4v) is 9.93. The van der Waals surface area contributed by atoms with E-state index in [0.29, 0.717) is 48.1 Å². The molecule has 5 amide bonds. The average molecular weight is 866 g/mol. The average Bonchev–Trinajstić information content (AvgIpc) is 3.83. The summed E-state index contributed by atoms with van der Waals surface area (Å²) >= 11 is 0. The summed E-state index contributed by atoms with van der Waals surface area (Å²) in [6.07, 6.45) is 5.24. The molecule has 1 unspecified atom stereocenters. The first kappa shape index (κ1) is 41.3. The topological polar surface area (TPSA) is 192 Å². The number of carbonyl (C=O) groups excluding carboxylic acids is 5. The van der Waals surface area contributed by atoms with Gasteiger partial charge in [0.1, 0.15) is 35.4 Å². The normalized spacial score (nSPS) is 20.6. The highest BCUT2D eigenvalue weighted by molar-refractivity contribution is 6.23. The minimum atomic E-state index is -0.976. The number of amides is 5. The van der Waals surface area contributed by atoms with Crippen molar-refractivity contribution >= 4 is 52.1 Å². The number of carbonyl (C=O) groups is 5. The van der Waals surface area contributed by atoms with Crippen LogP contribution in [0.2, 0.25) is 0 Å². The summed E-state index contributed by atoms with van der Waals surface area (Å²) in [5.41, 5.74) is 10.2. The second-order valence-corrected chi connectivity index (χ2v) is 17.5. The van der Waals surface area contributed by atoms with Crippen molar-refractivity contribution in [3.8, 4) is 22.8 Å². The Bertz CT molecular complexity index is 2600. The lowest BCUT2D eigenvalue weighted by molar-refractivity contribution is -0.136. The summed E-state index contributed by atoms with van der Waals surface area (Å²) in [6.45, 7) is 7.93. The van der Waals surface area contributed by atoms with Crippen LogP contribution in [0.3, 0.4) is 0 Å². The molecule has 1 atom stereocenters. The molecule has 4 fully saturated rings. The van der Waals surface area contributed by atoms with Crippen LogP contribution in [-0.2, 0) is 14.4 Å². The minimum Gasteiger partial charge on any atom is -0.457 e. The van der Waals surface area contributed by atoms with Crippen LogP contribution in [-0.4, -0.2) is 140 Å². The van der Waals surface area contributed by atoms with Crippen molar-refractivity contribution in [2.45, 2.75) is 50.6 Å². The lowest BCUT2D eigenvalue weighted by Crippen LogP contribution is -2.54. The molecule has 330 valence electrons. The zero-order chi connectivity index (χ0) is 43.9. The Kier molecular flexibility index (Phi) is 11.3. The van der Waals surface area contributed by atoms with Crippen LogP contribution in [0.25, 0.3) is 22.3 Å². The zero-order valence-corrected chi connectivity index (χ0v) is 35.6. The first-order chi connectivity index (χ1) is 31.2. The number of fused-ring (bicyclic) bond motifs is 2. The highest BCUT2D eigenvalue weighted by Crippen LogP contribution is 2.36. The van der Waals surface area contributed by atoms with Crippen molar-refractivity contribution in [3.05, 3.63) is 90.3 Å². The molecule has 0 saturated carbocycles. The molecule has 0 aliphatic carbocycles. The smallest absolute Gasteiger partial charge is 0.262 e. The van der Waals surface area contributed by atoms with Gasteiger partial charge in [0.25, 0.3) is 11.8 Å². The Balaban J connectivity index is 0.679. The van der Waals surface area contributed by atoms with E-state index in [1.807, 2.05) is 70.2 Å². The summed E-state index contributed by atoms with van der Waals surface area (Å²) in [5, 5.41) is 8.03. The molecule has 5 aliphatic heterocycles. The zero-order valence-electron chi connectivity index (χ0n) is 35.6. The maximum absolute atomic E-state index is 13.6. The highest BCUT2D eigenvalue weighted by Gasteiger charge is 2.45. The van der Waals surface area contributed by atoms with Crippen molar-refractivity contribution in [1.29, 1.82) is 0 Å². The summed E-state index contributed by atoms with van der Waals surface area (Å²) in [6, 6.07) is 21.9. The van der Waals surface area contributed by atoms with Crippen LogP contribution >= 0.6 is 0 Å². The van der Waals surface area contributed by atoms with Gasteiger partial charge in [-0.3, -0.25) is 39.1 Å². The molecule has 5 aromatic rings. The van der Waals surface area contributed by atoms with Gasteiger partial charge >= 0.3 is 0 Å². The third-order valence-electron chi connectivity index (χ3n) is 13.5. The molecule has 5 aliphatic rings. The van der Waals surface area contributed by atoms with E-state index >= 15 is 0 Å². The standard InChI is InChI=1S/C47H51N11O6/c48-43-41-42(31-6-9-35(10-7-31)64-34-4-2-1-3-5-34)52-58(44(41)50-29-49-43)32-16-20-56(21-17-32)40(60)28-54-24-22-53(23-25-54)27-30-14-18-55(19-15-30)33-8-11-36-37(26-33)47(63)57(46(36)62)38-12-13-39(59)51-45(38)61/h1-11,26,29-30,32,38H,12-25,27-28H2,(H2,48,49,50)(H,51,59,61). The van der Waals surface area contributed by atoms with E-state index in [1.54, 1.807) is 12.1 Å². The van der Waals surface area contributed by atoms with Gasteiger partial charge in [-0.1, -0.05) is 18.2 Å².